The minimum atomic E-state index is -0.639. The Morgan fingerprint density at radius 3 is 2.47 bits per heavy atom. The van der Waals surface area contributed by atoms with Crippen molar-refractivity contribution in [2.75, 3.05) is 19.5 Å². The van der Waals surface area contributed by atoms with Crippen molar-refractivity contribution in [3.63, 3.8) is 0 Å². The standard InChI is InChI=1S/C21H19FN2O5S/c1-12-19(13-4-6-14(22)7-5-13)24(21(27)30-12)11-18(25)23-17-9-8-15(28-2)10-16(17)20(26)29-3/h4-10H,11H2,1-3H3,(H,23,25). The number of rotatable bonds is 6. The first kappa shape index (κ1) is 21.3. The maximum atomic E-state index is 13.3. The van der Waals surface area contributed by atoms with Crippen molar-refractivity contribution in [1.29, 1.82) is 0 Å². The Morgan fingerprint density at radius 2 is 1.83 bits per heavy atom. The summed E-state index contributed by atoms with van der Waals surface area (Å²) in [7, 11) is 2.69. The Labute approximate surface area is 175 Å². The molecule has 0 spiro atoms. The number of thiazole rings is 1. The van der Waals surface area contributed by atoms with Gasteiger partial charge in [0.05, 0.1) is 31.2 Å². The lowest BCUT2D eigenvalue weighted by Crippen LogP contribution is -2.25. The topological polar surface area (TPSA) is 86.6 Å². The van der Waals surface area contributed by atoms with Crippen molar-refractivity contribution in [2.45, 2.75) is 13.5 Å². The molecule has 0 atom stereocenters. The summed E-state index contributed by atoms with van der Waals surface area (Å²) in [5, 5.41) is 2.64. The number of methoxy groups -OCH3 is 2. The van der Waals surface area contributed by atoms with E-state index in [-0.39, 0.29) is 22.7 Å². The number of nitrogens with zero attached hydrogens (tertiary/aromatic N) is 1. The molecule has 0 radical (unpaired) electrons. The SMILES string of the molecule is COC(=O)c1cc(OC)ccc1NC(=O)Cn1c(-c2ccc(F)cc2)c(C)sc1=O. The maximum absolute atomic E-state index is 13.3. The van der Waals surface area contributed by atoms with Gasteiger partial charge in [-0.15, -0.1) is 0 Å². The molecule has 30 heavy (non-hydrogen) atoms. The van der Waals surface area contributed by atoms with Crippen LogP contribution in [0.2, 0.25) is 0 Å². The van der Waals surface area contributed by atoms with Gasteiger partial charge < -0.3 is 14.8 Å². The number of anilines is 1. The molecule has 0 saturated heterocycles. The molecule has 0 saturated carbocycles. The summed E-state index contributed by atoms with van der Waals surface area (Å²) < 4.78 is 24.5. The number of aromatic nitrogens is 1. The summed E-state index contributed by atoms with van der Waals surface area (Å²) in [6.45, 7) is 1.49. The Hall–Kier alpha value is -3.46. The number of hydrogen-bond acceptors (Lipinski definition) is 6. The number of hydrogen-bond donors (Lipinski definition) is 1. The van der Waals surface area contributed by atoms with Crippen LogP contribution in [0, 0.1) is 12.7 Å². The second kappa shape index (κ2) is 8.91. The fraction of sp³-hybridized carbons (Fsp3) is 0.190. The van der Waals surface area contributed by atoms with Crippen LogP contribution in [0.4, 0.5) is 10.1 Å². The number of carbonyl (C=O) groups is 2. The van der Waals surface area contributed by atoms with Gasteiger partial charge in [0.15, 0.2) is 0 Å². The first-order valence-electron chi connectivity index (χ1n) is 8.86. The number of aryl methyl sites for hydroxylation is 1. The van der Waals surface area contributed by atoms with Crippen LogP contribution in [0.3, 0.4) is 0 Å². The van der Waals surface area contributed by atoms with Crippen LogP contribution in [0.5, 0.6) is 5.75 Å². The van der Waals surface area contributed by atoms with Gasteiger partial charge in [0.2, 0.25) is 5.91 Å². The van der Waals surface area contributed by atoms with Crippen LogP contribution < -0.4 is 14.9 Å². The van der Waals surface area contributed by atoms with Crippen LogP contribution in [-0.4, -0.2) is 30.7 Å². The number of esters is 1. The molecule has 7 nitrogen and oxygen atoms in total. The van der Waals surface area contributed by atoms with E-state index in [2.05, 4.69) is 5.32 Å². The molecule has 0 bridgehead atoms. The van der Waals surface area contributed by atoms with Gasteiger partial charge in [-0.3, -0.25) is 14.2 Å². The van der Waals surface area contributed by atoms with Crippen molar-refractivity contribution < 1.29 is 23.5 Å². The van der Waals surface area contributed by atoms with E-state index in [0.29, 0.717) is 21.9 Å². The predicted octanol–water partition coefficient (Wildman–Crippen LogP) is 3.46. The summed E-state index contributed by atoms with van der Waals surface area (Å²) in [6.07, 6.45) is 0. The van der Waals surface area contributed by atoms with Crippen LogP contribution in [0.25, 0.3) is 11.3 Å². The van der Waals surface area contributed by atoms with Crippen molar-refractivity contribution in [3.05, 3.63) is 68.4 Å². The third-order valence-electron chi connectivity index (χ3n) is 4.39. The first-order valence-corrected chi connectivity index (χ1v) is 9.68. The summed E-state index contributed by atoms with van der Waals surface area (Å²) >= 11 is 1.00. The lowest BCUT2D eigenvalue weighted by molar-refractivity contribution is -0.116. The molecular formula is C21H19FN2O5S. The molecule has 0 aliphatic heterocycles. The highest BCUT2D eigenvalue weighted by Crippen LogP contribution is 2.26. The van der Waals surface area contributed by atoms with Gasteiger partial charge >= 0.3 is 10.8 Å². The minimum Gasteiger partial charge on any atom is -0.497 e. The minimum absolute atomic E-state index is 0.123. The molecule has 9 heteroatoms. The second-order valence-corrected chi connectivity index (χ2v) is 7.48. The summed E-state index contributed by atoms with van der Waals surface area (Å²) in [5.74, 6) is -1.11. The van der Waals surface area contributed by atoms with Gasteiger partial charge in [-0.25, -0.2) is 9.18 Å². The maximum Gasteiger partial charge on any atom is 0.340 e. The fourth-order valence-electron chi connectivity index (χ4n) is 3.00. The molecule has 0 unspecified atom stereocenters. The van der Waals surface area contributed by atoms with E-state index in [1.54, 1.807) is 25.1 Å². The molecule has 1 heterocycles. The van der Waals surface area contributed by atoms with E-state index in [0.717, 1.165) is 11.3 Å². The quantitative estimate of drug-likeness (QED) is 0.606. The van der Waals surface area contributed by atoms with Crippen LogP contribution in [0.15, 0.2) is 47.3 Å². The van der Waals surface area contributed by atoms with Crippen molar-refractivity contribution in [2.24, 2.45) is 0 Å². The molecule has 1 aromatic heterocycles. The van der Waals surface area contributed by atoms with Gasteiger partial charge in [0, 0.05) is 4.88 Å². The zero-order valence-corrected chi connectivity index (χ0v) is 17.3. The van der Waals surface area contributed by atoms with Crippen molar-refractivity contribution in [1.82, 2.24) is 4.57 Å². The number of amides is 1. The van der Waals surface area contributed by atoms with Crippen molar-refractivity contribution in [3.8, 4) is 17.0 Å². The molecule has 3 rings (SSSR count). The number of carbonyl (C=O) groups excluding carboxylic acids is 2. The highest BCUT2D eigenvalue weighted by Gasteiger charge is 2.19. The summed E-state index contributed by atoms with van der Waals surface area (Å²) in [6, 6.07) is 10.3. The Bertz CT molecular complexity index is 1150. The fourth-order valence-corrected chi connectivity index (χ4v) is 3.85. The smallest absolute Gasteiger partial charge is 0.340 e. The molecule has 0 aliphatic rings. The van der Waals surface area contributed by atoms with E-state index in [1.165, 1.54) is 43.1 Å². The molecule has 1 amide bonds. The molecule has 3 aromatic rings. The van der Waals surface area contributed by atoms with Crippen LogP contribution >= 0.6 is 11.3 Å². The number of halogens is 1. The molecule has 156 valence electrons. The average molecular weight is 430 g/mol. The van der Waals surface area contributed by atoms with Crippen molar-refractivity contribution >= 4 is 28.9 Å². The lowest BCUT2D eigenvalue weighted by atomic mass is 10.1. The molecule has 2 aromatic carbocycles. The first-order chi connectivity index (χ1) is 14.3. The third-order valence-corrected chi connectivity index (χ3v) is 5.28. The highest BCUT2D eigenvalue weighted by atomic mass is 32.1. The van der Waals surface area contributed by atoms with Gasteiger partial charge in [-0.05, 0) is 55.0 Å². The summed E-state index contributed by atoms with van der Waals surface area (Å²) in [5.41, 5.74) is 1.52. The van der Waals surface area contributed by atoms with Gasteiger partial charge in [-0.1, -0.05) is 11.3 Å². The summed E-state index contributed by atoms with van der Waals surface area (Å²) in [4.78, 5) is 37.6. The predicted molar refractivity (Wildman–Crippen MR) is 112 cm³/mol. The zero-order chi connectivity index (χ0) is 21.8. The van der Waals surface area contributed by atoms with Crippen LogP contribution in [-0.2, 0) is 16.1 Å². The number of ether oxygens (including phenoxy) is 2. The monoisotopic (exact) mass is 430 g/mol. The van der Waals surface area contributed by atoms with Gasteiger partial charge in [0.25, 0.3) is 0 Å². The van der Waals surface area contributed by atoms with Crippen LogP contribution in [0.1, 0.15) is 15.2 Å². The van der Waals surface area contributed by atoms with E-state index in [9.17, 15) is 18.8 Å². The van der Waals surface area contributed by atoms with E-state index in [1.807, 2.05) is 0 Å². The molecule has 0 aliphatic carbocycles. The highest BCUT2D eigenvalue weighted by molar-refractivity contribution is 7.09. The Balaban J connectivity index is 1.90. The zero-order valence-electron chi connectivity index (χ0n) is 16.5. The second-order valence-electron chi connectivity index (χ2n) is 6.32. The molecule has 1 N–H and O–H groups in total. The van der Waals surface area contributed by atoms with Gasteiger partial charge in [-0.2, -0.15) is 0 Å². The lowest BCUT2D eigenvalue weighted by Gasteiger charge is -2.13. The number of benzene rings is 2. The van der Waals surface area contributed by atoms with E-state index in [4.69, 9.17) is 9.47 Å². The average Bonchev–Trinajstić information content (AvgIpc) is 3.01. The Kier molecular flexibility index (Phi) is 6.31. The molecule has 0 fully saturated rings. The number of nitrogens with one attached hydrogen (secondary N) is 1. The third kappa shape index (κ3) is 4.41. The normalized spacial score (nSPS) is 10.5. The Morgan fingerprint density at radius 1 is 1.13 bits per heavy atom. The van der Waals surface area contributed by atoms with Gasteiger partial charge in [0.1, 0.15) is 18.1 Å². The van der Waals surface area contributed by atoms with E-state index >= 15 is 0 Å². The molecular weight excluding hydrogens is 411 g/mol. The largest absolute Gasteiger partial charge is 0.497 e. The van der Waals surface area contributed by atoms with E-state index < -0.39 is 17.7 Å².